The van der Waals surface area contributed by atoms with Crippen molar-refractivity contribution in [2.75, 3.05) is 10.6 Å². The molecule has 0 aliphatic heterocycles. The van der Waals surface area contributed by atoms with Crippen molar-refractivity contribution in [3.05, 3.63) is 102 Å². The highest BCUT2D eigenvalue weighted by molar-refractivity contribution is 6.33. The van der Waals surface area contributed by atoms with Crippen molar-refractivity contribution in [3.63, 3.8) is 0 Å². The van der Waals surface area contributed by atoms with Crippen molar-refractivity contribution < 1.29 is 19.4 Å². The molecule has 32 heavy (non-hydrogen) atoms. The molecule has 0 saturated carbocycles. The smallest absolute Gasteiger partial charge is 0.288 e. The number of nitrogens with zero attached hydrogens (tertiary/aromatic N) is 2. The van der Waals surface area contributed by atoms with Gasteiger partial charge in [0.15, 0.2) is 0 Å². The second-order valence-electron chi connectivity index (χ2n) is 6.30. The fraction of sp³-hybridized carbons (Fsp3) is 0. The molecule has 0 spiro atoms. The minimum absolute atomic E-state index is 0.0180. The van der Waals surface area contributed by atoms with Gasteiger partial charge in [0.1, 0.15) is 10.0 Å². The van der Waals surface area contributed by atoms with Crippen molar-refractivity contribution in [3.8, 4) is 0 Å². The summed E-state index contributed by atoms with van der Waals surface area (Å²) in [5.41, 5.74) is -0.486. The van der Waals surface area contributed by atoms with Crippen LogP contribution in [0.5, 0.6) is 0 Å². The maximum atomic E-state index is 12.6. The number of benzene rings is 3. The zero-order valence-corrected chi connectivity index (χ0v) is 17.4. The molecule has 2 amide bonds. The number of para-hydroxylation sites is 2. The number of carbonyl (C=O) groups excluding carboxylic acids is 2. The fourth-order valence-electron chi connectivity index (χ4n) is 2.68. The lowest BCUT2D eigenvalue weighted by Crippen LogP contribution is -2.17. The number of amides is 2. The third-order valence-electron chi connectivity index (χ3n) is 4.23. The highest BCUT2D eigenvalue weighted by atomic mass is 35.5. The average Bonchev–Trinajstić information content (AvgIpc) is 2.75. The molecule has 0 unspecified atom stereocenters. The first-order valence-corrected chi connectivity index (χ1v) is 9.52. The number of nitro groups is 2. The van der Waals surface area contributed by atoms with Gasteiger partial charge in [-0.05, 0) is 36.4 Å². The molecule has 162 valence electrons. The molecule has 10 nitrogen and oxygen atoms in total. The van der Waals surface area contributed by atoms with E-state index in [1.54, 1.807) is 12.1 Å². The third kappa shape index (κ3) is 4.99. The van der Waals surface area contributed by atoms with Gasteiger partial charge >= 0.3 is 0 Å². The van der Waals surface area contributed by atoms with Gasteiger partial charge in [-0.3, -0.25) is 29.8 Å². The average molecular weight is 475 g/mol. The number of nitrogens with one attached hydrogen (secondary N) is 2. The summed E-state index contributed by atoms with van der Waals surface area (Å²) in [6, 6.07) is 13.4. The number of hydrogen-bond donors (Lipinski definition) is 2. The number of hydrogen-bond acceptors (Lipinski definition) is 6. The minimum Gasteiger partial charge on any atom is -0.320 e. The van der Waals surface area contributed by atoms with E-state index in [9.17, 15) is 29.8 Å². The summed E-state index contributed by atoms with van der Waals surface area (Å²) in [6.45, 7) is 0. The first kappa shape index (κ1) is 22.7. The Kier molecular flexibility index (Phi) is 6.67. The molecule has 0 atom stereocenters. The van der Waals surface area contributed by atoms with Gasteiger partial charge in [0.05, 0.1) is 21.2 Å². The largest absolute Gasteiger partial charge is 0.320 e. The van der Waals surface area contributed by atoms with E-state index in [0.29, 0.717) is 0 Å². The Morgan fingerprint density at radius 3 is 1.41 bits per heavy atom. The van der Waals surface area contributed by atoms with Gasteiger partial charge < -0.3 is 10.6 Å². The SMILES string of the molecule is O=C(Nc1ccccc1NC(=O)c1ccc(Cl)c([N+](=O)[O-])c1)c1ccc(Cl)c([N+](=O)[O-])c1. The fourth-order valence-corrected chi connectivity index (χ4v) is 3.05. The van der Waals surface area contributed by atoms with Gasteiger partial charge in [0.25, 0.3) is 23.2 Å². The van der Waals surface area contributed by atoms with E-state index < -0.39 is 33.0 Å². The Bertz CT molecular complexity index is 1170. The molecule has 0 aromatic heterocycles. The number of nitro benzene ring substituents is 2. The summed E-state index contributed by atoms with van der Waals surface area (Å²) in [6.07, 6.45) is 0. The lowest BCUT2D eigenvalue weighted by molar-refractivity contribution is -0.384. The Labute approximate surface area is 190 Å². The van der Waals surface area contributed by atoms with E-state index in [4.69, 9.17) is 23.2 Å². The molecule has 3 aromatic rings. The van der Waals surface area contributed by atoms with Crippen molar-refractivity contribution in [2.24, 2.45) is 0 Å². The lowest BCUT2D eigenvalue weighted by Gasteiger charge is -2.12. The van der Waals surface area contributed by atoms with Crippen LogP contribution in [0.3, 0.4) is 0 Å². The summed E-state index contributed by atoms with van der Waals surface area (Å²) in [5, 5.41) is 27.0. The predicted molar refractivity (Wildman–Crippen MR) is 119 cm³/mol. The van der Waals surface area contributed by atoms with Crippen LogP contribution in [0.2, 0.25) is 10.0 Å². The normalized spacial score (nSPS) is 10.3. The maximum Gasteiger partial charge on any atom is 0.288 e. The second-order valence-corrected chi connectivity index (χ2v) is 7.11. The first-order valence-electron chi connectivity index (χ1n) is 8.77. The molecule has 0 heterocycles. The molecular weight excluding hydrogens is 463 g/mol. The molecule has 0 aliphatic rings. The van der Waals surface area contributed by atoms with Gasteiger partial charge in [-0.15, -0.1) is 0 Å². The molecule has 0 radical (unpaired) electrons. The Balaban J connectivity index is 1.84. The molecule has 0 saturated heterocycles. The number of rotatable bonds is 6. The second kappa shape index (κ2) is 9.41. The number of anilines is 2. The summed E-state index contributed by atoms with van der Waals surface area (Å²) in [4.78, 5) is 45.8. The number of halogens is 2. The van der Waals surface area contributed by atoms with E-state index in [1.807, 2.05) is 0 Å². The molecule has 0 aliphatic carbocycles. The van der Waals surface area contributed by atoms with E-state index in [-0.39, 0.29) is 32.5 Å². The van der Waals surface area contributed by atoms with E-state index in [0.717, 1.165) is 12.1 Å². The standard InChI is InChI=1S/C20H12Cl2N4O6/c21-13-7-5-11(9-17(13)25(29)30)19(27)23-15-3-1-2-4-16(15)24-20(28)12-6-8-14(22)18(10-12)26(31)32/h1-10H,(H,23,27)(H,24,28). The topological polar surface area (TPSA) is 144 Å². The van der Waals surface area contributed by atoms with Crippen LogP contribution in [0.15, 0.2) is 60.7 Å². The number of carbonyl (C=O) groups is 2. The van der Waals surface area contributed by atoms with Gasteiger partial charge in [0, 0.05) is 23.3 Å². The molecule has 2 N–H and O–H groups in total. The Morgan fingerprint density at radius 1 is 0.688 bits per heavy atom. The molecule has 0 bridgehead atoms. The molecule has 0 fully saturated rings. The van der Waals surface area contributed by atoms with Crippen molar-refractivity contribution in [2.45, 2.75) is 0 Å². The molecule has 12 heteroatoms. The minimum atomic E-state index is -0.710. The lowest BCUT2D eigenvalue weighted by atomic mass is 10.1. The van der Waals surface area contributed by atoms with E-state index in [2.05, 4.69) is 10.6 Å². The summed E-state index contributed by atoms with van der Waals surface area (Å²) in [5.74, 6) is -1.35. The molecule has 3 rings (SSSR count). The van der Waals surface area contributed by atoms with Gasteiger partial charge in [-0.25, -0.2) is 0 Å². The first-order chi connectivity index (χ1) is 15.2. The van der Waals surface area contributed by atoms with Crippen LogP contribution >= 0.6 is 23.2 Å². The van der Waals surface area contributed by atoms with E-state index in [1.165, 1.54) is 36.4 Å². The summed E-state index contributed by atoms with van der Waals surface area (Å²) >= 11 is 11.5. The quantitative estimate of drug-likeness (QED) is 0.365. The van der Waals surface area contributed by atoms with E-state index >= 15 is 0 Å². The van der Waals surface area contributed by atoms with Gasteiger partial charge in [-0.1, -0.05) is 35.3 Å². The van der Waals surface area contributed by atoms with Crippen LogP contribution in [-0.4, -0.2) is 21.7 Å². The van der Waals surface area contributed by atoms with Crippen molar-refractivity contribution in [1.29, 1.82) is 0 Å². The van der Waals surface area contributed by atoms with Gasteiger partial charge in [0.2, 0.25) is 0 Å². The highest BCUT2D eigenvalue weighted by Crippen LogP contribution is 2.28. The summed E-state index contributed by atoms with van der Waals surface area (Å²) < 4.78 is 0. The monoisotopic (exact) mass is 474 g/mol. The van der Waals surface area contributed by atoms with Crippen LogP contribution in [-0.2, 0) is 0 Å². The summed E-state index contributed by atoms with van der Waals surface area (Å²) in [7, 11) is 0. The third-order valence-corrected chi connectivity index (χ3v) is 4.87. The maximum absolute atomic E-state index is 12.6. The van der Waals surface area contributed by atoms with Crippen LogP contribution in [0.4, 0.5) is 22.7 Å². The van der Waals surface area contributed by atoms with Gasteiger partial charge in [-0.2, -0.15) is 0 Å². The van der Waals surface area contributed by atoms with Crippen LogP contribution in [0.25, 0.3) is 0 Å². The van der Waals surface area contributed by atoms with Crippen LogP contribution < -0.4 is 10.6 Å². The Hall–Kier alpha value is -4.02. The van der Waals surface area contributed by atoms with Crippen molar-refractivity contribution in [1.82, 2.24) is 0 Å². The van der Waals surface area contributed by atoms with Crippen molar-refractivity contribution >= 4 is 57.8 Å². The zero-order valence-electron chi connectivity index (χ0n) is 15.9. The molecular formula is C20H12Cl2N4O6. The zero-order chi connectivity index (χ0) is 23.4. The highest BCUT2D eigenvalue weighted by Gasteiger charge is 2.19. The Morgan fingerprint density at radius 2 is 1.06 bits per heavy atom. The predicted octanol–water partition coefficient (Wildman–Crippen LogP) is 5.31. The molecule has 3 aromatic carbocycles. The van der Waals surface area contributed by atoms with Crippen LogP contribution in [0, 0.1) is 20.2 Å². The van der Waals surface area contributed by atoms with Crippen LogP contribution in [0.1, 0.15) is 20.7 Å².